The minimum Gasteiger partial charge on any atom is -0.350 e. The summed E-state index contributed by atoms with van der Waals surface area (Å²) in [5.41, 5.74) is 0. The van der Waals surface area contributed by atoms with Gasteiger partial charge in [0.1, 0.15) is 6.29 Å². The maximum absolute atomic E-state index is 10.4. The van der Waals surface area contributed by atoms with Crippen molar-refractivity contribution in [2.24, 2.45) is 23.7 Å². The molecule has 1 saturated heterocycles. The molecule has 3 rings (SSSR count). The van der Waals surface area contributed by atoms with Crippen molar-refractivity contribution in [2.75, 3.05) is 26.3 Å². The first-order valence-electron chi connectivity index (χ1n) is 8.93. The molecular weight excluding hydrogens is 332 g/mol. The van der Waals surface area contributed by atoms with Gasteiger partial charge in [0, 0.05) is 33.5 Å². The van der Waals surface area contributed by atoms with Crippen LogP contribution in [0.25, 0.3) is 0 Å². The van der Waals surface area contributed by atoms with E-state index in [2.05, 4.69) is 0 Å². The van der Waals surface area contributed by atoms with Gasteiger partial charge in [-0.3, -0.25) is 20.2 Å². The highest BCUT2D eigenvalue weighted by atomic mass is 16.7. The lowest BCUT2D eigenvalue weighted by molar-refractivity contribution is -0.490. The molecule has 1 aliphatic heterocycles. The number of ether oxygens (including phenoxy) is 2. The van der Waals surface area contributed by atoms with Crippen LogP contribution >= 0.6 is 0 Å². The van der Waals surface area contributed by atoms with Gasteiger partial charge in [-0.05, 0) is 25.7 Å². The smallest absolute Gasteiger partial charge is 0.207 e. The van der Waals surface area contributed by atoms with Crippen LogP contribution in [0.15, 0.2) is 0 Å². The van der Waals surface area contributed by atoms with Crippen molar-refractivity contribution in [1.29, 1.82) is 0 Å². The molecule has 0 aromatic carbocycles. The molecule has 0 amide bonds. The van der Waals surface area contributed by atoms with E-state index < -0.39 is 0 Å². The van der Waals surface area contributed by atoms with Gasteiger partial charge in [0.15, 0.2) is 6.29 Å². The Labute approximate surface area is 146 Å². The lowest BCUT2D eigenvalue weighted by Gasteiger charge is -2.21. The Hall–Kier alpha value is -1.61. The summed E-state index contributed by atoms with van der Waals surface area (Å²) in [7, 11) is 0. The second kappa shape index (κ2) is 9.76. The SMILES string of the molecule is O=C[C@@H]1CCC[C@H]1C[N+](=O)[O-].O=[N+]([O-])C[C@@H]1CCC[C@H]1C1OCCO1. The average molecular weight is 358 g/mol. The van der Waals surface area contributed by atoms with Crippen LogP contribution in [-0.4, -0.2) is 48.7 Å². The predicted octanol–water partition coefficient (Wildman–Crippen LogP) is 1.93. The zero-order chi connectivity index (χ0) is 18.2. The largest absolute Gasteiger partial charge is 0.350 e. The molecule has 0 bridgehead atoms. The minimum atomic E-state index is -0.327. The number of nitrogens with zero attached hydrogens (tertiary/aromatic N) is 2. The van der Waals surface area contributed by atoms with Crippen LogP contribution in [0.2, 0.25) is 0 Å². The molecule has 3 aliphatic rings. The third kappa shape index (κ3) is 6.00. The second-order valence-electron chi connectivity index (χ2n) is 6.99. The number of hydrogen-bond donors (Lipinski definition) is 0. The minimum absolute atomic E-state index is 0.00231. The van der Waals surface area contributed by atoms with Gasteiger partial charge in [0.25, 0.3) is 0 Å². The summed E-state index contributed by atoms with van der Waals surface area (Å²) < 4.78 is 10.8. The van der Waals surface area contributed by atoms with E-state index >= 15 is 0 Å². The molecule has 0 N–H and O–H groups in total. The van der Waals surface area contributed by atoms with Crippen LogP contribution in [0.4, 0.5) is 0 Å². The van der Waals surface area contributed by atoms with Gasteiger partial charge < -0.3 is 14.3 Å². The third-order valence-corrected chi connectivity index (χ3v) is 5.37. The first kappa shape index (κ1) is 19.7. The van der Waals surface area contributed by atoms with Crippen molar-refractivity contribution >= 4 is 6.29 Å². The summed E-state index contributed by atoms with van der Waals surface area (Å²) in [6, 6.07) is 0. The average Bonchev–Trinajstić information content (AvgIpc) is 3.27. The molecule has 2 saturated carbocycles. The summed E-state index contributed by atoms with van der Waals surface area (Å²) in [6.45, 7) is 1.29. The van der Waals surface area contributed by atoms with E-state index in [0.29, 0.717) is 13.2 Å². The third-order valence-electron chi connectivity index (χ3n) is 5.37. The lowest BCUT2D eigenvalue weighted by Crippen LogP contribution is -2.29. The number of aldehydes is 1. The van der Waals surface area contributed by atoms with E-state index in [1.165, 1.54) is 0 Å². The fraction of sp³-hybridized carbons (Fsp3) is 0.938. The van der Waals surface area contributed by atoms with Gasteiger partial charge in [0.2, 0.25) is 13.1 Å². The van der Waals surface area contributed by atoms with Crippen molar-refractivity contribution in [3.05, 3.63) is 20.2 Å². The first-order chi connectivity index (χ1) is 12.0. The summed E-state index contributed by atoms with van der Waals surface area (Å²) >= 11 is 0. The van der Waals surface area contributed by atoms with Crippen molar-refractivity contribution in [3.8, 4) is 0 Å². The monoisotopic (exact) mass is 358 g/mol. The summed E-state index contributed by atoms with van der Waals surface area (Å²) in [5.74, 6) is 0.332. The van der Waals surface area contributed by atoms with Gasteiger partial charge >= 0.3 is 0 Å². The zero-order valence-electron chi connectivity index (χ0n) is 14.3. The van der Waals surface area contributed by atoms with Crippen LogP contribution in [0.1, 0.15) is 38.5 Å². The standard InChI is InChI=1S/C9H15NO4.C7H11NO3/c11-10(12)6-7-2-1-3-8(7)9-13-4-5-14-9;9-5-7-3-1-2-6(7)4-8(10)11/h7-9H,1-6H2;5-7H,1-4H2/t7-,8+;6-,7-/m00/s1. The molecule has 2 aliphatic carbocycles. The second-order valence-corrected chi connectivity index (χ2v) is 6.99. The summed E-state index contributed by atoms with van der Waals surface area (Å²) in [4.78, 5) is 30.4. The van der Waals surface area contributed by atoms with E-state index in [1.54, 1.807) is 0 Å². The fourth-order valence-electron chi connectivity index (χ4n) is 4.13. The van der Waals surface area contributed by atoms with E-state index in [1.807, 2.05) is 0 Å². The highest BCUT2D eigenvalue weighted by Crippen LogP contribution is 2.37. The molecular formula is C16H26N2O7. The molecule has 0 radical (unpaired) electrons. The molecule has 0 spiro atoms. The predicted molar refractivity (Wildman–Crippen MR) is 87.1 cm³/mol. The molecule has 4 atom stereocenters. The van der Waals surface area contributed by atoms with Gasteiger partial charge in [0.05, 0.1) is 13.2 Å². The Morgan fingerprint density at radius 3 is 2.04 bits per heavy atom. The number of carbonyl (C=O) groups excluding carboxylic acids is 1. The highest BCUT2D eigenvalue weighted by molar-refractivity contribution is 5.54. The first-order valence-corrected chi connectivity index (χ1v) is 8.93. The zero-order valence-corrected chi connectivity index (χ0v) is 14.3. The van der Waals surface area contributed by atoms with Crippen LogP contribution in [0.5, 0.6) is 0 Å². The molecule has 142 valence electrons. The number of nitro groups is 2. The molecule has 0 unspecified atom stereocenters. The molecule has 1 heterocycles. The maximum Gasteiger partial charge on any atom is 0.207 e. The lowest BCUT2D eigenvalue weighted by atomic mass is 9.95. The summed E-state index contributed by atoms with van der Waals surface area (Å²) in [5, 5.41) is 20.5. The van der Waals surface area contributed by atoms with Gasteiger partial charge in [-0.2, -0.15) is 0 Å². The quantitative estimate of drug-likeness (QED) is 0.404. The van der Waals surface area contributed by atoms with Crippen molar-refractivity contribution in [2.45, 2.75) is 44.8 Å². The molecule has 0 aromatic heterocycles. The maximum atomic E-state index is 10.4. The van der Waals surface area contributed by atoms with E-state index in [0.717, 1.165) is 44.8 Å². The number of hydrogen-bond acceptors (Lipinski definition) is 7. The van der Waals surface area contributed by atoms with Crippen LogP contribution in [0.3, 0.4) is 0 Å². The van der Waals surface area contributed by atoms with Crippen LogP contribution < -0.4 is 0 Å². The van der Waals surface area contributed by atoms with E-state index in [9.17, 15) is 25.0 Å². The van der Waals surface area contributed by atoms with Crippen molar-refractivity contribution < 1.29 is 24.1 Å². The Morgan fingerprint density at radius 1 is 0.880 bits per heavy atom. The molecule has 25 heavy (non-hydrogen) atoms. The van der Waals surface area contributed by atoms with Crippen LogP contribution in [0, 0.1) is 43.9 Å². The fourth-order valence-corrected chi connectivity index (χ4v) is 4.13. The van der Waals surface area contributed by atoms with E-state index in [-0.39, 0.29) is 52.9 Å². The topological polar surface area (TPSA) is 122 Å². The van der Waals surface area contributed by atoms with Crippen molar-refractivity contribution in [1.82, 2.24) is 0 Å². The van der Waals surface area contributed by atoms with Gasteiger partial charge in [-0.15, -0.1) is 0 Å². The Balaban J connectivity index is 0.000000186. The normalized spacial score (nSPS) is 32.2. The Kier molecular flexibility index (Phi) is 7.70. The summed E-state index contributed by atoms with van der Waals surface area (Å²) in [6.07, 6.45) is 6.32. The van der Waals surface area contributed by atoms with Gasteiger partial charge in [-0.25, -0.2) is 0 Å². The molecule has 3 fully saturated rings. The van der Waals surface area contributed by atoms with Gasteiger partial charge in [-0.1, -0.05) is 12.8 Å². The highest BCUT2D eigenvalue weighted by Gasteiger charge is 2.39. The van der Waals surface area contributed by atoms with Crippen molar-refractivity contribution in [3.63, 3.8) is 0 Å². The molecule has 9 nitrogen and oxygen atoms in total. The molecule has 0 aromatic rings. The Morgan fingerprint density at radius 2 is 1.44 bits per heavy atom. The number of rotatable bonds is 6. The van der Waals surface area contributed by atoms with E-state index in [4.69, 9.17) is 9.47 Å². The number of carbonyl (C=O) groups is 1. The van der Waals surface area contributed by atoms with Crippen LogP contribution in [-0.2, 0) is 14.3 Å². The molecule has 9 heteroatoms. The Bertz CT molecular complexity index is 467.